The van der Waals surface area contributed by atoms with Gasteiger partial charge in [-0.3, -0.25) is 19.1 Å². The van der Waals surface area contributed by atoms with Crippen LogP contribution in [0, 0.1) is 5.92 Å². The van der Waals surface area contributed by atoms with Gasteiger partial charge in [-0.05, 0) is 32.0 Å². The summed E-state index contributed by atoms with van der Waals surface area (Å²) in [5.41, 5.74) is 9.53. The zero-order chi connectivity index (χ0) is 29.2. The minimum Gasteiger partial charge on any atom is -0.463 e. The molecular formula is C25H33FN5O8P. The van der Waals surface area contributed by atoms with Crippen LogP contribution in [0.4, 0.5) is 10.3 Å². The van der Waals surface area contributed by atoms with E-state index in [-0.39, 0.29) is 35.0 Å². The van der Waals surface area contributed by atoms with Crippen molar-refractivity contribution >= 4 is 30.5 Å². The van der Waals surface area contributed by atoms with Crippen molar-refractivity contribution in [1.82, 2.24) is 14.5 Å². The first-order chi connectivity index (χ1) is 18.9. The molecule has 0 saturated carbocycles. The zero-order valence-electron chi connectivity index (χ0n) is 22.2. The Balaban J connectivity index is 1.58. The third-order valence-electron chi connectivity index (χ3n) is 6.43. The van der Waals surface area contributed by atoms with E-state index in [0.717, 1.165) is 0 Å². The van der Waals surface area contributed by atoms with E-state index < -0.39 is 62.3 Å². The van der Waals surface area contributed by atoms with E-state index in [1.165, 1.54) is 23.8 Å². The number of hydrogen-bond donors (Lipinski definition) is 4. The maximum Gasteiger partial charge on any atom is 0.380 e. The van der Waals surface area contributed by atoms with Gasteiger partial charge >= 0.3 is 13.6 Å². The van der Waals surface area contributed by atoms with Crippen LogP contribution in [0.5, 0.6) is 5.75 Å². The number of alkyl halides is 1. The summed E-state index contributed by atoms with van der Waals surface area (Å²) >= 11 is 0. The van der Waals surface area contributed by atoms with Crippen LogP contribution >= 0.6 is 7.60 Å². The van der Waals surface area contributed by atoms with E-state index in [0.29, 0.717) is 0 Å². The van der Waals surface area contributed by atoms with Gasteiger partial charge in [-0.15, -0.1) is 0 Å². The number of nitrogens with zero attached hydrogens (tertiary/aromatic N) is 2. The lowest BCUT2D eigenvalue weighted by Crippen LogP contribution is -2.56. The Kier molecular flexibility index (Phi) is 8.66. The maximum atomic E-state index is 14.4. The number of anilines is 1. The number of hydrogen-bond acceptors (Lipinski definition) is 11. The van der Waals surface area contributed by atoms with E-state index >= 15 is 0 Å². The first-order valence-corrected chi connectivity index (χ1v) is 14.3. The molecule has 0 amide bonds. The van der Waals surface area contributed by atoms with Crippen LogP contribution in [0.1, 0.15) is 27.0 Å². The molecule has 6 N–H and O–H groups in total. The second kappa shape index (κ2) is 11.7. The molecule has 0 aliphatic carbocycles. The van der Waals surface area contributed by atoms with Gasteiger partial charge in [0.1, 0.15) is 30.2 Å². The number of para-hydroxylation sites is 1. The number of nitrogens with one attached hydrogen (secondary N) is 1. The van der Waals surface area contributed by atoms with E-state index in [1.54, 1.807) is 44.2 Å². The molecule has 0 bridgehead atoms. The van der Waals surface area contributed by atoms with Gasteiger partial charge in [-0.1, -0.05) is 25.1 Å². The molecule has 4 rings (SSSR count). The quantitative estimate of drug-likeness (QED) is 0.191. The van der Waals surface area contributed by atoms with Crippen molar-refractivity contribution in [3.63, 3.8) is 0 Å². The molecule has 1 aliphatic rings. The summed E-state index contributed by atoms with van der Waals surface area (Å²) in [6.07, 6.45) is -3.55. The molecule has 1 unspecified atom stereocenters. The number of esters is 1. The van der Waals surface area contributed by atoms with Crippen molar-refractivity contribution in [2.75, 3.05) is 25.2 Å². The van der Waals surface area contributed by atoms with Gasteiger partial charge in [0.2, 0.25) is 5.95 Å². The van der Waals surface area contributed by atoms with Crippen molar-refractivity contribution in [3.05, 3.63) is 52.9 Å². The predicted molar refractivity (Wildman–Crippen MR) is 143 cm³/mol. The molecule has 15 heteroatoms. The van der Waals surface area contributed by atoms with Gasteiger partial charge < -0.3 is 35.1 Å². The SMILES string of the molecule is CC(C)OC(=O)[C@H](C)C[P@](=O)(OC[C@H]1O[C@@H](n2ccc3c(=O)[nH]c(N)nc32)C(N)(CF)[C@H]1O)Oc1ccccc1. The first kappa shape index (κ1) is 29.7. The normalized spacial score (nSPS) is 25.1. The number of aliphatic hydroxyl groups is 1. The Bertz CT molecular complexity index is 1450. The van der Waals surface area contributed by atoms with Crippen LogP contribution in [0.3, 0.4) is 0 Å². The van der Waals surface area contributed by atoms with Gasteiger partial charge in [0.25, 0.3) is 5.56 Å². The number of aromatic amines is 1. The lowest BCUT2D eigenvalue weighted by molar-refractivity contribution is -0.151. The average Bonchev–Trinajstić information content (AvgIpc) is 3.42. The second-order valence-corrected chi connectivity index (χ2v) is 12.0. The van der Waals surface area contributed by atoms with E-state index in [2.05, 4.69) is 9.97 Å². The van der Waals surface area contributed by atoms with E-state index in [1.807, 2.05) is 0 Å². The Morgan fingerprint density at radius 1 is 1.30 bits per heavy atom. The number of carbonyl (C=O) groups is 1. The van der Waals surface area contributed by atoms with Crippen LogP contribution < -0.4 is 21.6 Å². The van der Waals surface area contributed by atoms with Crippen LogP contribution in [-0.4, -0.2) is 68.9 Å². The molecule has 0 radical (unpaired) electrons. The molecule has 0 spiro atoms. The smallest absolute Gasteiger partial charge is 0.380 e. The van der Waals surface area contributed by atoms with E-state index in [9.17, 15) is 23.7 Å². The van der Waals surface area contributed by atoms with Crippen molar-refractivity contribution in [2.45, 2.75) is 50.8 Å². The number of halogens is 1. The molecule has 1 aromatic carbocycles. The molecule has 3 heterocycles. The number of ether oxygens (including phenoxy) is 2. The number of benzene rings is 1. The lowest BCUT2D eigenvalue weighted by atomic mass is 9.92. The summed E-state index contributed by atoms with van der Waals surface area (Å²) in [5, 5.41) is 11.2. The van der Waals surface area contributed by atoms with Gasteiger partial charge in [0.05, 0.1) is 30.2 Å². The fraction of sp³-hybridized carbons (Fsp3) is 0.480. The van der Waals surface area contributed by atoms with Gasteiger partial charge in [-0.2, -0.15) is 4.98 Å². The van der Waals surface area contributed by atoms with Crippen LogP contribution in [0.15, 0.2) is 47.4 Å². The first-order valence-electron chi connectivity index (χ1n) is 12.6. The Hall–Kier alpha value is -3.29. The standard InChI is InChI=1S/C25H33FN5O8P/c1-14(2)37-22(34)15(3)12-40(35,39-16-7-5-4-6-8-16)36-11-18-19(32)25(28,13-26)23(38-18)31-10-9-17-20(31)29-24(27)30-21(17)33/h4-10,14-15,18-19,23,32H,11-13,28H2,1-3H3,(H3,27,29,30,33)/t15-,18-,19+,23-,25?,40+/m1/s1. The summed E-state index contributed by atoms with van der Waals surface area (Å²) < 4.78 is 52.1. The monoisotopic (exact) mass is 581 g/mol. The third kappa shape index (κ3) is 6.06. The van der Waals surface area contributed by atoms with Gasteiger partial charge in [-0.25, -0.2) is 8.96 Å². The van der Waals surface area contributed by atoms with Crippen LogP contribution in [-0.2, 0) is 23.4 Å². The highest BCUT2D eigenvalue weighted by Crippen LogP contribution is 2.51. The highest BCUT2D eigenvalue weighted by molar-refractivity contribution is 7.54. The highest BCUT2D eigenvalue weighted by atomic mass is 31.2. The molecule has 3 aromatic rings. The topological polar surface area (TPSA) is 194 Å². The number of nitrogens with two attached hydrogens (primary N) is 2. The van der Waals surface area contributed by atoms with Crippen LogP contribution in [0.2, 0.25) is 0 Å². The summed E-state index contributed by atoms with van der Waals surface area (Å²) in [6, 6.07) is 9.64. The molecule has 1 saturated heterocycles. The molecule has 40 heavy (non-hydrogen) atoms. The summed E-state index contributed by atoms with van der Waals surface area (Å²) in [6.45, 7) is 3.16. The Morgan fingerprint density at radius 3 is 2.65 bits per heavy atom. The number of aromatic nitrogens is 3. The average molecular weight is 582 g/mol. The van der Waals surface area contributed by atoms with E-state index in [4.69, 9.17) is 30.0 Å². The summed E-state index contributed by atoms with van der Waals surface area (Å²) in [7, 11) is -4.06. The largest absolute Gasteiger partial charge is 0.463 e. The molecule has 2 aromatic heterocycles. The number of H-pyrrole nitrogens is 1. The van der Waals surface area contributed by atoms with Gasteiger partial charge in [0, 0.05) is 6.20 Å². The third-order valence-corrected chi connectivity index (χ3v) is 8.45. The van der Waals surface area contributed by atoms with Crippen molar-refractivity contribution in [1.29, 1.82) is 0 Å². The van der Waals surface area contributed by atoms with Crippen molar-refractivity contribution < 1.29 is 37.4 Å². The maximum absolute atomic E-state index is 14.4. The Labute approximate surface area is 229 Å². The number of aliphatic hydroxyl groups excluding tert-OH is 1. The minimum atomic E-state index is -4.06. The molecular weight excluding hydrogens is 548 g/mol. The number of fused-ring (bicyclic) bond motifs is 1. The highest BCUT2D eigenvalue weighted by Gasteiger charge is 2.56. The molecule has 1 fully saturated rings. The number of carbonyl (C=O) groups excluding carboxylic acids is 1. The summed E-state index contributed by atoms with van der Waals surface area (Å²) in [4.78, 5) is 31.2. The second-order valence-electron chi connectivity index (χ2n) is 10.0. The Morgan fingerprint density at radius 2 is 2.00 bits per heavy atom. The number of nitrogen functional groups attached to an aromatic ring is 1. The van der Waals surface area contributed by atoms with Crippen molar-refractivity contribution in [3.8, 4) is 5.75 Å². The molecule has 6 atom stereocenters. The lowest BCUT2D eigenvalue weighted by Gasteiger charge is -2.30. The summed E-state index contributed by atoms with van der Waals surface area (Å²) in [5.74, 6) is -1.40. The van der Waals surface area contributed by atoms with Gasteiger partial charge in [0.15, 0.2) is 11.9 Å². The molecule has 1 aliphatic heterocycles. The molecule has 218 valence electrons. The van der Waals surface area contributed by atoms with Crippen LogP contribution in [0.25, 0.3) is 11.0 Å². The number of rotatable bonds is 11. The zero-order valence-corrected chi connectivity index (χ0v) is 23.1. The predicted octanol–water partition coefficient (Wildman–Crippen LogP) is 2.11. The molecule has 13 nitrogen and oxygen atoms in total. The fourth-order valence-corrected chi connectivity index (χ4v) is 6.28. The van der Waals surface area contributed by atoms with Crippen molar-refractivity contribution in [2.24, 2.45) is 11.7 Å². The fourth-order valence-electron chi connectivity index (χ4n) is 4.41. The minimum absolute atomic E-state index is 0.0684.